The van der Waals surface area contributed by atoms with E-state index in [-0.39, 0.29) is 11.5 Å². The second-order valence-corrected chi connectivity index (χ2v) is 5.49. The maximum Gasteiger partial charge on any atom is 0.410 e. The number of phenolic OH excluding ortho intramolecular Hbond substituents is 2. The van der Waals surface area contributed by atoms with Crippen LogP contribution in [0.25, 0.3) is 0 Å². The van der Waals surface area contributed by atoms with E-state index < -0.39 is 12.1 Å². The van der Waals surface area contributed by atoms with Crippen molar-refractivity contribution in [2.45, 2.75) is 19.4 Å². The molecular formula is C18H19NO4. The van der Waals surface area contributed by atoms with E-state index in [1.165, 1.54) is 12.1 Å². The zero-order valence-electron chi connectivity index (χ0n) is 12.9. The summed E-state index contributed by atoms with van der Waals surface area (Å²) in [6.07, 6.45) is 0.337. The molecule has 0 aliphatic carbocycles. The van der Waals surface area contributed by atoms with Crippen LogP contribution in [0.1, 0.15) is 29.7 Å². The Morgan fingerprint density at radius 2 is 2.00 bits per heavy atom. The number of amides is 1. The number of hydrogen-bond donors (Lipinski definition) is 2. The Balaban J connectivity index is 2.11. The predicted octanol–water partition coefficient (Wildman–Crippen LogP) is 3.20. The van der Waals surface area contributed by atoms with Gasteiger partial charge in [-0.3, -0.25) is 4.90 Å². The van der Waals surface area contributed by atoms with E-state index in [9.17, 15) is 15.0 Å². The minimum absolute atomic E-state index is 0.0157. The van der Waals surface area contributed by atoms with Gasteiger partial charge in [-0.2, -0.15) is 0 Å². The second-order valence-electron chi connectivity index (χ2n) is 5.49. The van der Waals surface area contributed by atoms with Gasteiger partial charge in [-0.15, -0.1) is 0 Å². The molecule has 23 heavy (non-hydrogen) atoms. The fraction of sp³-hybridized carbons (Fsp3) is 0.278. The first-order chi connectivity index (χ1) is 11.1. The number of nitrogens with zero attached hydrogens (tertiary/aromatic N) is 1. The SMILES string of the molecule is CCOC(=O)N1CCc2ccccc2C1c1ccc(O)cc1O. The average molecular weight is 313 g/mol. The molecule has 5 heteroatoms. The van der Waals surface area contributed by atoms with E-state index in [0.29, 0.717) is 18.7 Å². The first-order valence-electron chi connectivity index (χ1n) is 7.65. The predicted molar refractivity (Wildman–Crippen MR) is 85.5 cm³/mol. The maximum absolute atomic E-state index is 12.3. The third-order valence-corrected chi connectivity index (χ3v) is 4.09. The fourth-order valence-electron chi connectivity index (χ4n) is 3.07. The number of benzene rings is 2. The Hall–Kier alpha value is -2.69. The number of phenols is 2. The molecule has 1 aliphatic heterocycles. The number of carbonyl (C=O) groups excluding carboxylic acids is 1. The third-order valence-electron chi connectivity index (χ3n) is 4.09. The van der Waals surface area contributed by atoms with Crippen molar-refractivity contribution in [3.8, 4) is 11.5 Å². The van der Waals surface area contributed by atoms with E-state index in [2.05, 4.69) is 0 Å². The van der Waals surface area contributed by atoms with Gasteiger partial charge in [-0.25, -0.2) is 4.79 Å². The summed E-state index contributed by atoms with van der Waals surface area (Å²) in [5.74, 6) is -0.0565. The van der Waals surface area contributed by atoms with E-state index in [1.807, 2.05) is 24.3 Å². The molecule has 1 amide bonds. The standard InChI is InChI=1S/C18H19NO4/c1-2-23-18(22)19-10-9-12-5-3-4-6-14(12)17(19)15-8-7-13(20)11-16(15)21/h3-8,11,17,20-21H,2,9-10H2,1H3. The van der Waals surface area contributed by atoms with Gasteiger partial charge in [-0.05, 0) is 36.6 Å². The zero-order valence-corrected chi connectivity index (χ0v) is 12.9. The molecule has 0 fully saturated rings. The normalized spacial score (nSPS) is 16.7. The summed E-state index contributed by atoms with van der Waals surface area (Å²) in [6, 6.07) is 11.9. The highest BCUT2D eigenvalue weighted by Gasteiger charge is 2.34. The number of ether oxygens (including phenoxy) is 1. The summed E-state index contributed by atoms with van der Waals surface area (Å²) in [5.41, 5.74) is 2.68. The maximum atomic E-state index is 12.3. The van der Waals surface area contributed by atoms with Crippen LogP contribution in [0.2, 0.25) is 0 Å². The molecule has 1 heterocycles. The van der Waals surface area contributed by atoms with Gasteiger partial charge in [0.2, 0.25) is 0 Å². The molecule has 1 aliphatic rings. The number of hydrogen-bond acceptors (Lipinski definition) is 4. The molecule has 2 aromatic rings. The van der Waals surface area contributed by atoms with Crippen molar-refractivity contribution in [2.24, 2.45) is 0 Å². The Kier molecular flexibility index (Phi) is 4.10. The molecule has 1 unspecified atom stereocenters. The summed E-state index contributed by atoms with van der Waals surface area (Å²) in [4.78, 5) is 14.0. The number of aromatic hydroxyl groups is 2. The van der Waals surface area contributed by atoms with Gasteiger partial charge in [0.05, 0.1) is 12.6 Å². The molecule has 5 nitrogen and oxygen atoms in total. The Morgan fingerprint density at radius 3 is 2.74 bits per heavy atom. The quantitative estimate of drug-likeness (QED) is 0.893. The van der Waals surface area contributed by atoms with E-state index in [0.717, 1.165) is 17.5 Å². The molecule has 3 rings (SSSR count). The topological polar surface area (TPSA) is 70.0 Å². The van der Waals surface area contributed by atoms with Gasteiger partial charge in [-0.1, -0.05) is 24.3 Å². The van der Waals surface area contributed by atoms with Crippen LogP contribution in [0.5, 0.6) is 11.5 Å². The molecule has 0 radical (unpaired) electrons. The Labute approximate surface area is 134 Å². The second kappa shape index (κ2) is 6.20. The first kappa shape index (κ1) is 15.2. The lowest BCUT2D eigenvalue weighted by Gasteiger charge is -2.37. The molecular weight excluding hydrogens is 294 g/mol. The van der Waals surface area contributed by atoms with Crippen LogP contribution < -0.4 is 0 Å². The van der Waals surface area contributed by atoms with Crippen molar-refractivity contribution >= 4 is 6.09 Å². The number of fused-ring (bicyclic) bond motifs is 1. The van der Waals surface area contributed by atoms with E-state index >= 15 is 0 Å². The highest BCUT2D eigenvalue weighted by atomic mass is 16.6. The zero-order chi connectivity index (χ0) is 16.4. The molecule has 0 aromatic heterocycles. The van der Waals surface area contributed by atoms with Crippen LogP contribution in [0.4, 0.5) is 4.79 Å². The van der Waals surface area contributed by atoms with Crippen LogP contribution >= 0.6 is 0 Å². The first-order valence-corrected chi connectivity index (χ1v) is 7.65. The van der Waals surface area contributed by atoms with Crippen molar-refractivity contribution < 1.29 is 19.7 Å². The van der Waals surface area contributed by atoms with Crippen molar-refractivity contribution in [3.05, 3.63) is 59.2 Å². The third kappa shape index (κ3) is 2.82. The molecule has 0 saturated carbocycles. The summed E-state index contributed by atoms with van der Waals surface area (Å²) in [6.45, 7) is 2.58. The van der Waals surface area contributed by atoms with Crippen molar-refractivity contribution in [2.75, 3.05) is 13.2 Å². The molecule has 2 N–H and O–H groups in total. The van der Waals surface area contributed by atoms with Crippen LogP contribution in [0.3, 0.4) is 0 Å². The van der Waals surface area contributed by atoms with Gasteiger partial charge < -0.3 is 14.9 Å². The largest absolute Gasteiger partial charge is 0.508 e. The highest BCUT2D eigenvalue weighted by Crippen LogP contribution is 2.40. The van der Waals surface area contributed by atoms with Crippen LogP contribution in [0, 0.1) is 0 Å². The van der Waals surface area contributed by atoms with Crippen molar-refractivity contribution in [1.29, 1.82) is 0 Å². The highest BCUT2D eigenvalue weighted by molar-refractivity contribution is 5.70. The summed E-state index contributed by atoms with van der Waals surface area (Å²) in [7, 11) is 0. The van der Waals surface area contributed by atoms with Crippen LogP contribution in [-0.4, -0.2) is 34.4 Å². The minimum atomic E-state index is -0.431. The molecule has 0 spiro atoms. The van der Waals surface area contributed by atoms with Gasteiger partial charge >= 0.3 is 6.09 Å². The van der Waals surface area contributed by atoms with Gasteiger partial charge in [0.1, 0.15) is 11.5 Å². The summed E-state index contributed by atoms with van der Waals surface area (Å²) >= 11 is 0. The lowest BCUT2D eigenvalue weighted by molar-refractivity contribution is 0.0933. The average Bonchev–Trinajstić information content (AvgIpc) is 2.54. The van der Waals surface area contributed by atoms with Crippen LogP contribution in [0.15, 0.2) is 42.5 Å². The Bertz CT molecular complexity index is 729. The fourth-order valence-corrected chi connectivity index (χ4v) is 3.07. The molecule has 2 aromatic carbocycles. The molecule has 0 saturated heterocycles. The number of rotatable bonds is 2. The van der Waals surface area contributed by atoms with E-state index in [4.69, 9.17) is 4.74 Å². The summed E-state index contributed by atoms with van der Waals surface area (Å²) in [5, 5.41) is 19.8. The summed E-state index contributed by atoms with van der Waals surface area (Å²) < 4.78 is 5.17. The number of carbonyl (C=O) groups is 1. The monoisotopic (exact) mass is 313 g/mol. The van der Waals surface area contributed by atoms with Crippen molar-refractivity contribution in [1.82, 2.24) is 4.90 Å². The van der Waals surface area contributed by atoms with Crippen molar-refractivity contribution in [3.63, 3.8) is 0 Å². The molecule has 1 atom stereocenters. The lowest BCUT2D eigenvalue weighted by atomic mass is 9.88. The lowest BCUT2D eigenvalue weighted by Crippen LogP contribution is -2.41. The molecule has 120 valence electrons. The van der Waals surface area contributed by atoms with Gasteiger partial charge in [0.25, 0.3) is 0 Å². The Morgan fingerprint density at radius 1 is 1.22 bits per heavy atom. The smallest absolute Gasteiger partial charge is 0.410 e. The van der Waals surface area contributed by atoms with Gasteiger partial charge in [0, 0.05) is 18.2 Å². The molecule has 0 bridgehead atoms. The van der Waals surface area contributed by atoms with E-state index in [1.54, 1.807) is 17.9 Å². The van der Waals surface area contributed by atoms with Gasteiger partial charge in [0.15, 0.2) is 0 Å². The minimum Gasteiger partial charge on any atom is -0.508 e. The van der Waals surface area contributed by atoms with Crippen LogP contribution in [-0.2, 0) is 11.2 Å².